The molecule has 10 aromatic carbocycles. The number of hydrogen-bond acceptors (Lipinski definition) is 19. The SMILES string of the molecule is CC(C)(C)c1cc(Oc2[c-]c(-c3cc4c(nn3)oc3ccccc34)cc(C(C)(C)C)c2)[c-]c(-c2cc3c(nn2)oc2ccccc23)c1.CC(C)(C)c1cc(Oc2cc(-c3cc4c(nn3)oc3ccccc34)cc(C(C)(C)C)c2)cc(-c2cc3c(nn2)oc2ccccc23)c1.CC(C)(C)c1cc(Oc2cc(B3OC(C)(C)C(C)(C)O3)cc(C(C)(C)C)c2)cc(B2OC(C)(C)C(C)(C)O2)c1.[Pt+2]. The van der Waals surface area contributed by atoms with Gasteiger partial charge in [0.05, 0.1) is 44.6 Å². The number of para-hydroxylation sites is 4. The van der Waals surface area contributed by atoms with Crippen LogP contribution >= 0.6 is 0 Å². The van der Waals surface area contributed by atoms with Crippen LogP contribution in [0.25, 0.3) is 133 Å². The van der Waals surface area contributed by atoms with Gasteiger partial charge in [0.2, 0.25) is 22.9 Å². The standard InChI is InChI=1S/C40H34N4O3.C40H32N4O3.C32H48B2O5.Pt/c2*1-39(2,3)25-15-23(33-21-31-29-11-7-9-13-35(29)46-37(31)43-41-33)17-27(19-25)45-28-18-24(16-26(20-28)40(4,5)6)34-22-32-30-12-8-10-14-36(30)47-38(32)44-42-34;1-27(2,3)21-15-23(33-36-29(7,8)30(9,10)37-33)19-25(17-21)35-26-18-22(28(4,5)6)16-24(20-26)34-38-31(11,12)32(13,14)39-34;/h7-22H,1-6H3;7-16,19-22H,1-6H3;15-20H,1-14H3;/q;-2;;+2. The first-order chi connectivity index (χ1) is 62.5. The molecule has 2 fully saturated rings. The molecular formula is C112H114B2N8O11Pt. The van der Waals surface area contributed by atoms with E-state index in [2.05, 4.69) is 294 Å². The molecule has 19 nitrogen and oxygen atoms in total. The van der Waals surface area contributed by atoms with Gasteiger partial charge in [-0.25, -0.2) is 0 Å². The molecule has 134 heavy (non-hydrogen) atoms. The summed E-state index contributed by atoms with van der Waals surface area (Å²) in [5.41, 5.74) is 17.6. The summed E-state index contributed by atoms with van der Waals surface area (Å²) >= 11 is 0. The van der Waals surface area contributed by atoms with Crippen LogP contribution in [0.2, 0.25) is 0 Å². The van der Waals surface area contributed by atoms with Gasteiger partial charge in [-0.3, -0.25) is 0 Å². The number of benzene rings is 10. The van der Waals surface area contributed by atoms with E-state index in [9.17, 15) is 0 Å². The molecule has 0 bridgehead atoms. The molecule has 22 heteroatoms. The Morgan fingerprint density at radius 1 is 0.254 bits per heavy atom. The molecule has 0 atom stereocenters. The van der Waals surface area contributed by atoms with Gasteiger partial charge in [-0.1, -0.05) is 246 Å². The van der Waals surface area contributed by atoms with Crippen molar-refractivity contribution < 1.29 is 71.6 Å². The molecule has 2 saturated heterocycles. The zero-order valence-electron chi connectivity index (χ0n) is 81.3. The summed E-state index contributed by atoms with van der Waals surface area (Å²) in [7, 11) is -0.943. The molecule has 2 aliphatic heterocycles. The van der Waals surface area contributed by atoms with Crippen LogP contribution in [0, 0.1) is 12.1 Å². The minimum absolute atomic E-state index is 0. The number of aromatic nitrogens is 8. The molecule has 2 aliphatic rings. The van der Waals surface area contributed by atoms with Crippen molar-refractivity contribution in [2.24, 2.45) is 0 Å². The van der Waals surface area contributed by atoms with E-state index >= 15 is 0 Å². The van der Waals surface area contributed by atoms with Gasteiger partial charge in [-0.2, -0.15) is 10.2 Å². The smallest absolute Gasteiger partial charge is 0.497 e. The van der Waals surface area contributed by atoms with Crippen molar-refractivity contribution in [1.82, 2.24) is 40.8 Å². The van der Waals surface area contributed by atoms with Crippen molar-refractivity contribution in [3.8, 4) is 79.5 Å². The summed E-state index contributed by atoms with van der Waals surface area (Å²) in [6.07, 6.45) is 0. The predicted octanol–water partition coefficient (Wildman–Crippen LogP) is 27.8. The van der Waals surface area contributed by atoms with E-state index in [0.717, 1.165) is 155 Å². The average molecular weight is 1960 g/mol. The topological polar surface area (TPSA) is 220 Å². The fourth-order valence-electron chi connectivity index (χ4n) is 16.3. The second-order valence-electron chi connectivity index (χ2n) is 43.5. The molecule has 0 spiro atoms. The third kappa shape index (κ3) is 19.1. The van der Waals surface area contributed by atoms with Gasteiger partial charge in [0, 0.05) is 66.3 Å². The number of rotatable bonds is 12. The third-order valence-electron chi connectivity index (χ3n) is 26.0. The first kappa shape index (κ1) is 93.6. The molecule has 18 aromatic rings. The molecule has 0 radical (unpaired) electrons. The average Bonchev–Trinajstić information content (AvgIpc) is 1.67. The summed E-state index contributed by atoms with van der Waals surface area (Å²) in [6.45, 7) is 56.1. The molecule has 0 N–H and O–H groups in total. The maximum absolute atomic E-state index is 6.73. The van der Waals surface area contributed by atoms with E-state index in [1.807, 2.05) is 158 Å². The first-order valence-electron chi connectivity index (χ1n) is 45.6. The number of ether oxygens (including phenoxy) is 3. The van der Waals surface area contributed by atoms with Crippen molar-refractivity contribution >= 4 is 113 Å². The number of furan rings is 4. The fourth-order valence-corrected chi connectivity index (χ4v) is 16.3. The van der Waals surface area contributed by atoms with Gasteiger partial charge < -0.3 is 50.5 Å². The van der Waals surface area contributed by atoms with Gasteiger partial charge >= 0.3 is 35.3 Å². The van der Waals surface area contributed by atoms with Gasteiger partial charge in [0.1, 0.15) is 45.3 Å². The Labute approximate surface area is 798 Å². The van der Waals surface area contributed by atoms with Crippen LogP contribution in [0.4, 0.5) is 0 Å². The van der Waals surface area contributed by atoms with Crippen LogP contribution in [0.1, 0.15) is 213 Å². The monoisotopic (exact) mass is 1960 g/mol. The minimum atomic E-state index is -0.471. The largest absolute Gasteiger partial charge is 2.00 e. The third-order valence-corrected chi connectivity index (χ3v) is 26.0. The van der Waals surface area contributed by atoms with Crippen LogP contribution in [0.5, 0.6) is 34.5 Å². The summed E-state index contributed by atoms with van der Waals surface area (Å²) in [4.78, 5) is 0. The van der Waals surface area contributed by atoms with E-state index in [-0.39, 0.29) is 53.6 Å². The van der Waals surface area contributed by atoms with Crippen molar-refractivity contribution in [1.29, 1.82) is 0 Å². The fraction of sp³-hybridized carbons (Fsp3) is 0.321. The zero-order chi connectivity index (χ0) is 94.4. The minimum Gasteiger partial charge on any atom is -0.497 e. The van der Waals surface area contributed by atoms with Crippen LogP contribution in [0.15, 0.2) is 236 Å². The summed E-state index contributed by atoms with van der Waals surface area (Å²) in [6, 6.07) is 80.3. The molecule has 0 aliphatic carbocycles. The van der Waals surface area contributed by atoms with Crippen molar-refractivity contribution in [3.05, 3.63) is 264 Å². The Morgan fingerprint density at radius 2 is 0.500 bits per heavy atom. The maximum atomic E-state index is 6.73. The second kappa shape index (κ2) is 34.3. The normalized spacial score (nSPS) is 15.1. The van der Waals surface area contributed by atoms with E-state index in [1.54, 1.807) is 0 Å². The summed E-state index contributed by atoms with van der Waals surface area (Å²) in [5.74, 6) is 4.04. The van der Waals surface area contributed by atoms with E-state index < -0.39 is 36.6 Å². The number of fused-ring (bicyclic) bond motifs is 12. The Balaban J connectivity index is 0.000000140. The van der Waals surface area contributed by atoms with Gasteiger partial charge in [0.25, 0.3) is 0 Å². The van der Waals surface area contributed by atoms with Crippen molar-refractivity contribution in [3.63, 3.8) is 0 Å². The van der Waals surface area contributed by atoms with Gasteiger partial charge in [-0.15, -0.1) is 65.0 Å². The first-order valence-corrected chi connectivity index (χ1v) is 45.6. The molecule has 8 aromatic heterocycles. The molecule has 10 heterocycles. The quantitative estimate of drug-likeness (QED) is 0.0819. The van der Waals surface area contributed by atoms with Gasteiger partial charge in [-0.05, 0) is 218 Å². The number of nitrogens with zero attached hydrogens (tertiary/aromatic N) is 8. The molecule has 0 saturated carbocycles. The van der Waals surface area contributed by atoms with Crippen LogP contribution in [-0.4, -0.2) is 77.4 Å². The maximum Gasteiger partial charge on any atom is 2.00 e. The molecular weight excluding hydrogens is 1850 g/mol. The summed E-state index contributed by atoms with van der Waals surface area (Å²) < 4.78 is 69.3. The molecule has 684 valence electrons. The van der Waals surface area contributed by atoms with Crippen molar-refractivity contribution in [2.75, 3.05) is 0 Å². The van der Waals surface area contributed by atoms with Crippen LogP contribution in [-0.2, 0) is 72.2 Å². The predicted molar refractivity (Wildman–Crippen MR) is 533 cm³/mol. The Morgan fingerprint density at radius 3 is 0.784 bits per heavy atom. The zero-order valence-corrected chi connectivity index (χ0v) is 83.6. The number of hydrogen-bond donors (Lipinski definition) is 0. The van der Waals surface area contributed by atoms with Crippen LogP contribution in [0.3, 0.4) is 0 Å². The second-order valence-corrected chi connectivity index (χ2v) is 43.5. The summed E-state index contributed by atoms with van der Waals surface area (Å²) in [5, 5.41) is 43.6. The Hall–Kier alpha value is -12.2. The van der Waals surface area contributed by atoms with E-state index in [0.29, 0.717) is 57.2 Å². The molecule has 0 amide bonds. The molecule has 0 unspecified atom stereocenters. The Bertz CT molecular complexity index is 6750. The van der Waals surface area contributed by atoms with E-state index in [1.165, 1.54) is 0 Å². The Kier molecular flexibility index (Phi) is 24.0. The molecule has 20 rings (SSSR count). The van der Waals surface area contributed by atoms with Crippen molar-refractivity contribution in [2.45, 2.75) is 235 Å². The van der Waals surface area contributed by atoms with E-state index in [4.69, 9.17) is 50.5 Å². The van der Waals surface area contributed by atoms with Crippen LogP contribution < -0.4 is 25.1 Å². The van der Waals surface area contributed by atoms with Gasteiger partial charge in [0.15, 0.2) is 0 Å².